The number of carbonyl (C=O) groups is 1. The second-order valence-corrected chi connectivity index (χ2v) is 3.86. The third-order valence-corrected chi connectivity index (χ3v) is 2.34. The van der Waals surface area contributed by atoms with Gasteiger partial charge >= 0.3 is 0 Å². The van der Waals surface area contributed by atoms with E-state index in [4.69, 9.17) is 10.2 Å². The zero-order chi connectivity index (χ0) is 12.1. The minimum atomic E-state index is -0.908. The first kappa shape index (κ1) is 12.7. The molecule has 3 N–H and O–H groups in total. The van der Waals surface area contributed by atoms with Gasteiger partial charge in [0.25, 0.3) is 5.91 Å². The summed E-state index contributed by atoms with van der Waals surface area (Å²) in [5.74, 6) is -0.231. The van der Waals surface area contributed by atoms with E-state index in [0.717, 1.165) is 11.1 Å². The van der Waals surface area contributed by atoms with Gasteiger partial charge < -0.3 is 15.5 Å². The normalized spacial score (nSPS) is 12.2. The maximum Gasteiger partial charge on any atom is 0.251 e. The SMILES string of the molecule is Cc1ccc(C(=O)NCC(O)CO)c(C)c1. The molecule has 1 rings (SSSR count). The van der Waals surface area contributed by atoms with Gasteiger partial charge in [-0.25, -0.2) is 0 Å². The Morgan fingerprint density at radius 1 is 1.44 bits per heavy atom. The summed E-state index contributed by atoms with van der Waals surface area (Å²) in [6, 6.07) is 5.55. The first-order chi connectivity index (χ1) is 7.54. The highest BCUT2D eigenvalue weighted by molar-refractivity contribution is 5.95. The van der Waals surface area contributed by atoms with Crippen LogP contribution in [-0.4, -0.2) is 35.4 Å². The lowest BCUT2D eigenvalue weighted by atomic mass is 10.1. The average molecular weight is 223 g/mol. The summed E-state index contributed by atoms with van der Waals surface area (Å²) in [7, 11) is 0. The molecule has 0 aromatic heterocycles. The number of aliphatic hydroxyl groups is 2. The molecule has 4 heteroatoms. The Morgan fingerprint density at radius 3 is 2.69 bits per heavy atom. The maximum atomic E-state index is 11.7. The van der Waals surface area contributed by atoms with Gasteiger partial charge in [-0.2, -0.15) is 0 Å². The van der Waals surface area contributed by atoms with Gasteiger partial charge in [0.1, 0.15) is 0 Å². The fourth-order valence-electron chi connectivity index (χ4n) is 1.44. The fourth-order valence-corrected chi connectivity index (χ4v) is 1.44. The number of benzene rings is 1. The van der Waals surface area contributed by atoms with Crippen molar-refractivity contribution >= 4 is 5.91 Å². The van der Waals surface area contributed by atoms with E-state index in [1.54, 1.807) is 6.07 Å². The number of hydrogen-bond donors (Lipinski definition) is 3. The number of aryl methyl sites for hydroxylation is 2. The smallest absolute Gasteiger partial charge is 0.251 e. The molecule has 0 aliphatic heterocycles. The topological polar surface area (TPSA) is 69.6 Å². The molecule has 0 fully saturated rings. The van der Waals surface area contributed by atoms with Crippen molar-refractivity contribution in [3.8, 4) is 0 Å². The number of aliphatic hydroxyl groups excluding tert-OH is 2. The average Bonchev–Trinajstić information content (AvgIpc) is 2.25. The monoisotopic (exact) mass is 223 g/mol. The van der Waals surface area contributed by atoms with Crippen LogP contribution in [0.25, 0.3) is 0 Å². The van der Waals surface area contributed by atoms with Crippen LogP contribution in [0.3, 0.4) is 0 Å². The molecule has 0 aliphatic carbocycles. The van der Waals surface area contributed by atoms with Gasteiger partial charge in [-0.05, 0) is 25.5 Å². The number of carbonyl (C=O) groups excluding carboxylic acids is 1. The van der Waals surface area contributed by atoms with Crippen LogP contribution in [0.1, 0.15) is 21.5 Å². The fraction of sp³-hybridized carbons (Fsp3) is 0.417. The Morgan fingerprint density at radius 2 is 2.12 bits per heavy atom. The molecule has 0 bridgehead atoms. The Hall–Kier alpha value is -1.39. The van der Waals surface area contributed by atoms with Gasteiger partial charge in [-0.15, -0.1) is 0 Å². The molecule has 0 radical (unpaired) electrons. The highest BCUT2D eigenvalue weighted by Crippen LogP contribution is 2.10. The van der Waals surface area contributed by atoms with Crippen LogP contribution in [0.4, 0.5) is 0 Å². The van der Waals surface area contributed by atoms with E-state index in [1.165, 1.54) is 0 Å². The van der Waals surface area contributed by atoms with Gasteiger partial charge in [0.2, 0.25) is 0 Å². The summed E-state index contributed by atoms with van der Waals surface area (Å²) in [5.41, 5.74) is 2.59. The molecule has 1 aromatic rings. The van der Waals surface area contributed by atoms with Crippen LogP contribution < -0.4 is 5.32 Å². The van der Waals surface area contributed by atoms with Crippen molar-refractivity contribution in [2.75, 3.05) is 13.2 Å². The number of hydrogen-bond acceptors (Lipinski definition) is 3. The standard InChI is InChI=1S/C12H17NO3/c1-8-3-4-11(9(2)5-8)12(16)13-6-10(15)7-14/h3-5,10,14-15H,6-7H2,1-2H3,(H,13,16). The molecule has 0 aliphatic rings. The summed E-state index contributed by atoms with van der Waals surface area (Å²) in [6.07, 6.45) is -0.908. The zero-order valence-corrected chi connectivity index (χ0v) is 9.53. The Kier molecular flexibility index (Phi) is 4.46. The van der Waals surface area contributed by atoms with Crippen LogP contribution in [0.5, 0.6) is 0 Å². The number of nitrogens with one attached hydrogen (secondary N) is 1. The van der Waals surface area contributed by atoms with E-state index in [1.807, 2.05) is 26.0 Å². The second-order valence-electron chi connectivity index (χ2n) is 3.86. The molecule has 0 spiro atoms. The van der Waals surface area contributed by atoms with Crippen molar-refractivity contribution in [3.05, 3.63) is 34.9 Å². The summed E-state index contributed by atoms with van der Waals surface area (Å²) >= 11 is 0. The summed E-state index contributed by atoms with van der Waals surface area (Å²) in [6.45, 7) is 3.53. The molecule has 1 unspecified atom stereocenters. The van der Waals surface area contributed by atoms with Crippen molar-refractivity contribution in [1.29, 1.82) is 0 Å². The van der Waals surface area contributed by atoms with Crippen LogP contribution >= 0.6 is 0 Å². The highest BCUT2D eigenvalue weighted by atomic mass is 16.3. The van der Waals surface area contributed by atoms with Gasteiger partial charge in [-0.1, -0.05) is 17.7 Å². The van der Waals surface area contributed by atoms with Gasteiger partial charge in [0.05, 0.1) is 12.7 Å². The molecule has 0 heterocycles. The van der Waals surface area contributed by atoms with Gasteiger partial charge in [-0.3, -0.25) is 4.79 Å². The zero-order valence-electron chi connectivity index (χ0n) is 9.53. The second kappa shape index (κ2) is 5.63. The predicted octanol–water partition coefficient (Wildman–Crippen LogP) is 0.386. The Balaban J connectivity index is 2.66. The van der Waals surface area contributed by atoms with Crippen LogP contribution in [-0.2, 0) is 0 Å². The first-order valence-corrected chi connectivity index (χ1v) is 5.19. The molecule has 1 aromatic carbocycles. The summed E-state index contributed by atoms with van der Waals surface area (Å²) < 4.78 is 0. The largest absolute Gasteiger partial charge is 0.394 e. The van der Waals surface area contributed by atoms with Gasteiger partial charge in [0, 0.05) is 12.1 Å². The molecular weight excluding hydrogens is 206 g/mol. The van der Waals surface area contributed by atoms with E-state index >= 15 is 0 Å². The van der Waals surface area contributed by atoms with Crippen LogP contribution in [0.2, 0.25) is 0 Å². The lowest BCUT2D eigenvalue weighted by Crippen LogP contribution is -2.34. The minimum Gasteiger partial charge on any atom is -0.394 e. The minimum absolute atomic E-state index is 0.0582. The van der Waals surface area contributed by atoms with E-state index in [9.17, 15) is 4.79 Å². The van der Waals surface area contributed by atoms with Crippen molar-refractivity contribution < 1.29 is 15.0 Å². The molecule has 4 nitrogen and oxygen atoms in total. The van der Waals surface area contributed by atoms with Crippen molar-refractivity contribution in [1.82, 2.24) is 5.32 Å². The maximum absolute atomic E-state index is 11.7. The van der Waals surface area contributed by atoms with E-state index < -0.39 is 6.10 Å². The van der Waals surface area contributed by atoms with Crippen molar-refractivity contribution in [2.24, 2.45) is 0 Å². The van der Waals surface area contributed by atoms with Crippen LogP contribution in [0, 0.1) is 13.8 Å². The number of rotatable bonds is 4. The molecule has 16 heavy (non-hydrogen) atoms. The lowest BCUT2D eigenvalue weighted by molar-refractivity contribution is 0.0801. The molecule has 0 saturated carbocycles. The van der Waals surface area contributed by atoms with E-state index in [-0.39, 0.29) is 19.1 Å². The third kappa shape index (κ3) is 3.32. The van der Waals surface area contributed by atoms with E-state index in [0.29, 0.717) is 5.56 Å². The first-order valence-electron chi connectivity index (χ1n) is 5.19. The summed E-state index contributed by atoms with van der Waals surface area (Å²) in [5, 5.41) is 20.3. The number of amides is 1. The Labute approximate surface area is 94.9 Å². The van der Waals surface area contributed by atoms with Crippen LogP contribution in [0.15, 0.2) is 18.2 Å². The van der Waals surface area contributed by atoms with E-state index in [2.05, 4.69) is 5.32 Å². The lowest BCUT2D eigenvalue weighted by Gasteiger charge is -2.10. The van der Waals surface area contributed by atoms with Crippen molar-refractivity contribution in [2.45, 2.75) is 20.0 Å². The highest BCUT2D eigenvalue weighted by Gasteiger charge is 2.10. The quantitative estimate of drug-likeness (QED) is 0.691. The van der Waals surface area contributed by atoms with Crippen molar-refractivity contribution in [3.63, 3.8) is 0 Å². The predicted molar refractivity (Wildman–Crippen MR) is 61.3 cm³/mol. The molecule has 1 amide bonds. The molecular formula is C12H17NO3. The molecule has 1 atom stereocenters. The molecule has 88 valence electrons. The summed E-state index contributed by atoms with van der Waals surface area (Å²) in [4.78, 5) is 11.7. The third-order valence-electron chi connectivity index (χ3n) is 2.34. The van der Waals surface area contributed by atoms with Gasteiger partial charge in [0.15, 0.2) is 0 Å². The molecule has 0 saturated heterocycles. The Bertz CT molecular complexity index is 377.